The third-order valence-electron chi connectivity index (χ3n) is 3.97. The maximum absolute atomic E-state index is 12.6. The molecule has 1 aliphatic rings. The van der Waals surface area contributed by atoms with Gasteiger partial charge in [0.25, 0.3) is 0 Å². The highest BCUT2D eigenvalue weighted by atomic mass is 35.5. The molecule has 5 heteroatoms. The van der Waals surface area contributed by atoms with Crippen molar-refractivity contribution in [2.75, 3.05) is 0 Å². The van der Waals surface area contributed by atoms with Crippen molar-refractivity contribution in [3.63, 3.8) is 0 Å². The van der Waals surface area contributed by atoms with E-state index in [2.05, 4.69) is 0 Å². The molecule has 1 aromatic rings. The van der Waals surface area contributed by atoms with E-state index in [1.54, 1.807) is 24.3 Å². The molecule has 0 amide bonds. The van der Waals surface area contributed by atoms with Crippen molar-refractivity contribution in [3.8, 4) is 0 Å². The predicted octanol–water partition coefficient (Wildman–Crippen LogP) is 4.82. The number of hydrogen-bond donors (Lipinski definition) is 0. The van der Waals surface area contributed by atoms with E-state index in [1.807, 2.05) is 0 Å². The van der Waals surface area contributed by atoms with Crippen molar-refractivity contribution >= 4 is 17.4 Å². The maximum atomic E-state index is 12.6. The van der Waals surface area contributed by atoms with Crippen molar-refractivity contribution in [2.45, 2.75) is 38.3 Å². The molecule has 0 N–H and O–H groups in total. The minimum absolute atomic E-state index is 0.00118. The zero-order chi connectivity index (χ0) is 14.8. The number of Topliss-reactive ketones (excluding diaryl/α,β-unsaturated/α-hetero) is 1. The van der Waals surface area contributed by atoms with E-state index in [0.29, 0.717) is 17.9 Å². The van der Waals surface area contributed by atoms with Crippen molar-refractivity contribution < 1.29 is 18.0 Å². The number of rotatable bonds is 3. The fraction of sp³-hybridized carbons (Fsp3) is 0.533. The van der Waals surface area contributed by atoms with Gasteiger partial charge in [0.2, 0.25) is 0 Å². The van der Waals surface area contributed by atoms with Crippen LogP contribution in [0.3, 0.4) is 0 Å². The van der Waals surface area contributed by atoms with Gasteiger partial charge in [0, 0.05) is 17.4 Å². The van der Waals surface area contributed by atoms with Gasteiger partial charge in [-0.2, -0.15) is 13.2 Å². The van der Waals surface area contributed by atoms with Gasteiger partial charge in [-0.15, -0.1) is 0 Å². The van der Waals surface area contributed by atoms with Gasteiger partial charge in [-0.1, -0.05) is 29.8 Å². The van der Waals surface area contributed by atoms with Gasteiger partial charge >= 0.3 is 6.18 Å². The Balaban J connectivity index is 1.91. The molecular weight excluding hydrogens is 289 g/mol. The Bertz CT molecular complexity index is 476. The number of hydrogen-bond acceptors (Lipinski definition) is 1. The van der Waals surface area contributed by atoms with Crippen LogP contribution >= 0.6 is 11.6 Å². The number of alkyl halides is 3. The second kappa shape index (κ2) is 6.17. The van der Waals surface area contributed by atoms with E-state index in [0.717, 1.165) is 5.56 Å². The number of carbonyl (C=O) groups excluding carboxylic acids is 1. The number of ketones is 1. The fourth-order valence-corrected chi connectivity index (χ4v) is 2.92. The summed E-state index contributed by atoms with van der Waals surface area (Å²) < 4.78 is 37.7. The van der Waals surface area contributed by atoms with Gasteiger partial charge in [0.1, 0.15) is 5.78 Å². The Morgan fingerprint density at radius 3 is 2.30 bits per heavy atom. The summed E-state index contributed by atoms with van der Waals surface area (Å²) >= 11 is 5.99. The summed E-state index contributed by atoms with van der Waals surface area (Å²) in [6.07, 6.45) is -3.15. The average Bonchev–Trinajstić information content (AvgIpc) is 2.40. The van der Waals surface area contributed by atoms with Gasteiger partial charge in [-0.25, -0.2) is 0 Å². The van der Waals surface area contributed by atoms with Crippen LogP contribution in [-0.4, -0.2) is 12.0 Å². The smallest absolute Gasteiger partial charge is 0.299 e. The number of carbonyl (C=O) groups is 1. The van der Waals surface area contributed by atoms with Gasteiger partial charge < -0.3 is 0 Å². The van der Waals surface area contributed by atoms with Gasteiger partial charge in [0.15, 0.2) is 0 Å². The molecule has 0 aliphatic heterocycles. The topological polar surface area (TPSA) is 17.1 Å². The summed E-state index contributed by atoms with van der Waals surface area (Å²) in [5.74, 6) is -1.50. The molecule has 110 valence electrons. The highest BCUT2D eigenvalue weighted by molar-refractivity contribution is 6.31. The van der Waals surface area contributed by atoms with E-state index in [-0.39, 0.29) is 31.0 Å². The first-order chi connectivity index (χ1) is 9.38. The number of benzene rings is 1. The Kier molecular flexibility index (Phi) is 4.74. The lowest BCUT2D eigenvalue weighted by molar-refractivity contribution is -0.184. The van der Waals surface area contributed by atoms with Gasteiger partial charge in [-0.3, -0.25) is 4.79 Å². The molecule has 20 heavy (non-hydrogen) atoms. The predicted molar refractivity (Wildman–Crippen MR) is 71.7 cm³/mol. The van der Waals surface area contributed by atoms with Crippen LogP contribution in [0.4, 0.5) is 13.2 Å². The molecule has 0 heterocycles. The van der Waals surface area contributed by atoms with Crippen LogP contribution in [0.15, 0.2) is 24.3 Å². The van der Waals surface area contributed by atoms with Crippen LogP contribution < -0.4 is 0 Å². The van der Waals surface area contributed by atoms with Crippen molar-refractivity contribution in [1.82, 2.24) is 0 Å². The summed E-state index contributed by atoms with van der Waals surface area (Å²) in [5, 5.41) is 0.532. The van der Waals surface area contributed by atoms with E-state index < -0.39 is 12.1 Å². The van der Waals surface area contributed by atoms with E-state index in [1.165, 1.54) is 0 Å². The highest BCUT2D eigenvalue weighted by Crippen LogP contribution is 2.40. The maximum Gasteiger partial charge on any atom is 0.391 e. The molecule has 1 nitrogen and oxygen atoms in total. The average molecular weight is 305 g/mol. The first-order valence-corrected chi connectivity index (χ1v) is 7.08. The second-order valence-electron chi connectivity index (χ2n) is 5.32. The Hall–Kier alpha value is -1.03. The first-order valence-electron chi connectivity index (χ1n) is 6.70. The van der Waals surface area contributed by atoms with Crippen LogP contribution in [0.2, 0.25) is 5.02 Å². The van der Waals surface area contributed by atoms with E-state index in [4.69, 9.17) is 11.6 Å². The minimum Gasteiger partial charge on any atom is -0.299 e. The zero-order valence-corrected chi connectivity index (χ0v) is 11.7. The standard InChI is InChI=1S/C15H16ClF3O/c16-13-4-2-1-3-11(13)9-14(20)10-5-7-12(8-6-10)15(17,18)19/h1-4,10,12H,5-9H2. The lowest BCUT2D eigenvalue weighted by Gasteiger charge is -2.29. The normalized spacial score (nSPS) is 23.6. The van der Waals surface area contributed by atoms with Crippen LogP contribution in [-0.2, 0) is 11.2 Å². The molecule has 0 radical (unpaired) electrons. The molecular formula is C15H16ClF3O. The Morgan fingerprint density at radius 1 is 1.15 bits per heavy atom. The quantitative estimate of drug-likeness (QED) is 0.782. The van der Waals surface area contributed by atoms with Crippen molar-refractivity contribution in [2.24, 2.45) is 11.8 Å². The lowest BCUT2D eigenvalue weighted by Crippen LogP contribution is -2.30. The van der Waals surface area contributed by atoms with Crippen LogP contribution in [0.25, 0.3) is 0 Å². The molecule has 0 spiro atoms. The van der Waals surface area contributed by atoms with Crippen LogP contribution in [0, 0.1) is 11.8 Å². The summed E-state index contributed by atoms with van der Waals surface area (Å²) in [5.41, 5.74) is 0.747. The summed E-state index contributed by atoms with van der Waals surface area (Å²) in [7, 11) is 0. The Labute approximate surface area is 121 Å². The minimum atomic E-state index is -4.13. The SMILES string of the molecule is O=C(Cc1ccccc1Cl)C1CCC(C(F)(F)F)CC1. The fourth-order valence-electron chi connectivity index (χ4n) is 2.72. The van der Waals surface area contributed by atoms with Gasteiger partial charge in [-0.05, 0) is 37.3 Å². The van der Waals surface area contributed by atoms with Crippen molar-refractivity contribution in [3.05, 3.63) is 34.9 Å². The Morgan fingerprint density at radius 2 is 1.75 bits per heavy atom. The first kappa shape index (κ1) is 15.4. The molecule has 1 aromatic carbocycles. The van der Waals surface area contributed by atoms with Crippen molar-refractivity contribution in [1.29, 1.82) is 0 Å². The van der Waals surface area contributed by atoms with E-state index in [9.17, 15) is 18.0 Å². The summed E-state index contributed by atoms with van der Waals surface area (Å²) in [6, 6.07) is 7.08. The lowest BCUT2D eigenvalue weighted by atomic mass is 9.78. The zero-order valence-electron chi connectivity index (χ0n) is 10.9. The van der Waals surface area contributed by atoms with Crippen LogP contribution in [0.5, 0.6) is 0 Å². The number of halogens is 4. The highest BCUT2D eigenvalue weighted by Gasteiger charge is 2.42. The molecule has 0 unspecified atom stereocenters. The third kappa shape index (κ3) is 3.75. The molecule has 1 fully saturated rings. The molecule has 0 atom stereocenters. The molecule has 1 saturated carbocycles. The molecule has 0 saturated heterocycles. The molecule has 1 aliphatic carbocycles. The monoisotopic (exact) mass is 304 g/mol. The van der Waals surface area contributed by atoms with Crippen LogP contribution in [0.1, 0.15) is 31.2 Å². The second-order valence-corrected chi connectivity index (χ2v) is 5.73. The molecule has 2 rings (SSSR count). The van der Waals surface area contributed by atoms with Gasteiger partial charge in [0.05, 0.1) is 5.92 Å². The summed E-state index contributed by atoms with van der Waals surface area (Å²) in [4.78, 5) is 12.1. The molecule has 0 bridgehead atoms. The largest absolute Gasteiger partial charge is 0.391 e. The van der Waals surface area contributed by atoms with E-state index >= 15 is 0 Å². The summed E-state index contributed by atoms with van der Waals surface area (Å²) in [6.45, 7) is 0. The third-order valence-corrected chi connectivity index (χ3v) is 4.34. The molecule has 0 aromatic heterocycles.